The molecule has 5 atom stereocenters. The Balaban J connectivity index is 1.34. The lowest BCUT2D eigenvalue weighted by Crippen LogP contribution is -2.29. The Labute approximate surface area is 242 Å². The number of methoxy groups -OCH3 is 1. The van der Waals surface area contributed by atoms with E-state index in [2.05, 4.69) is 25.0 Å². The number of Topliss-reactive ketones (excluding diaryl/α,β-unsaturated/α-hetero) is 1. The van der Waals surface area contributed by atoms with Crippen molar-refractivity contribution in [3.05, 3.63) is 23.1 Å². The number of aliphatic hydroxyl groups is 1. The van der Waals surface area contributed by atoms with E-state index in [4.69, 9.17) is 34.5 Å². The number of rotatable bonds is 21. The van der Waals surface area contributed by atoms with E-state index in [1.165, 1.54) is 19.8 Å². The number of hydrogen-bond donors (Lipinski definition) is 3. The van der Waals surface area contributed by atoms with E-state index < -0.39 is 39.0 Å². The van der Waals surface area contributed by atoms with Gasteiger partial charge in [-0.05, 0) is 31.2 Å². The third-order valence-electron chi connectivity index (χ3n) is 6.49. The van der Waals surface area contributed by atoms with Gasteiger partial charge in [-0.3, -0.25) is 18.4 Å². The Morgan fingerprint density at radius 3 is 2.81 bits per heavy atom. The second-order valence-corrected chi connectivity index (χ2v) is 11.2. The molecule has 1 aliphatic rings. The lowest BCUT2D eigenvalue weighted by molar-refractivity contribution is -0.119. The molecule has 2 aromatic rings. The molecule has 0 aliphatic carbocycles. The fourth-order valence-corrected chi connectivity index (χ4v) is 5.39. The van der Waals surface area contributed by atoms with Crippen LogP contribution in [-0.4, -0.2) is 93.7 Å². The Morgan fingerprint density at radius 1 is 1.26 bits per heavy atom. The van der Waals surface area contributed by atoms with E-state index in [-0.39, 0.29) is 31.2 Å². The van der Waals surface area contributed by atoms with Crippen LogP contribution in [0.25, 0.3) is 21.6 Å². The largest absolute Gasteiger partial charge is 0.472 e. The molecule has 234 valence electrons. The highest BCUT2D eigenvalue weighted by molar-refractivity contribution is 7.47. The van der Waals surface area contributed by atoms with Crippen molar-refractivity contribution in [3.8, 4) is 0 Å². The molecule has 18 heteroatoms. The molecule has 0 amide bonds. The summed E-state index contributed by atoms with van der Waals surface area (Å²) in [5.74, 6) is 0.390. The van der Waals surface area contributed by atoms with Gasteiger partial charge in [0.15, 0.2) is 11.5 Å². The van der Waals surface area contributed by atoms with Crippen molar-refractivity contribution < 1.29 is 42.6 Å². The monoisotopic (exact) mass is 614 g/mol. The van der Waals surface area contributed by atoms with Gasteiger partial charge in [0.1, 0.15) is 42.2 Å². The first-order chi connectivity index (χ1) is 20.2. The van der Waals surface area contributed by atoms with Crippen LogP contribution in [0.4, 0.5) is 5.82 Å². The minimum Gasteiger partial charge on any atom is -0.388 e. The fourth-order valence-electron chi connectivity index (χ4n) is 4.40. The summed E-state index contributed by atoms with van der Waals surface area (Å²) in [6.07, 6.45) is 4.26. The van der Waals surface area contributed by atoms with E-state index in [0.717, 1.165) is 19.3 Å². The summed E-state index contributed by atoms with van der Waals surface area (Å²) in [6, 6.07) is 0. The number of nitrogens with zero attached hydrogens (tertiary/aromatic N) is 7. The summed E-state index contributed by atoms with van der Waals surface area (Å²) < 4.78 is 41.3. The average molecular weight is 615 g/mol. The number of carbonyl (C=O) groups excluding carboxylic acids is 1. The number of fused-ring (bicyclic) bond motifs is 1. The minimum atomic E-state index is -4.57. The number of azide groups is 1. The molecule has 0 spiro atoms. The standard InChI is InChI=1S/C24H39N8O9P/c1-37-14-20-19(11-21(40-20)32-16-29-22-23(25)27-15-28-24(22)32)41-42(35,36)39-13-18(34)12-38-10-6-4-8-17(33)7-3-2-5-9-30-31-26/h15-16,18-21,34H,2-14H2,1H3,(H,35,36)(H2,25,27,28)/t18?,19?,20-,21-/m1/s1. The molecule has 0 bridgehead atoms. The number of aromatic nitrogens is 4. The highest BCUT2D eigenvalue weighted by Gasteiger charge is 2.42. The van der Waals surface area contributed by atoms with Crippen LogP contribution in [0.1, 0.15) is 57.6 Å². The van der Waals surface area contributed by atoms with E-state index >= 15 is 0 Å². The summed E-state index contributed by atoms with van der Waals surface area (Å²) in [5.41, 5.74) is 14.9. The topological polar surface area (TPSA) is 239 Å². The van der Waals surface area contributed by atoms with Crippen molar-refractivity contribution in [3.63, 3.8) is 0 Å². The Kier molecular flexibility index (Phi) is 14.0. The zero-order valence-electron chi connectivity index (χ0n) is 23.6. The van der Waals surface area contributed by atoms with Gasteiger partial charge in [-0.2, -0.15) is 0 Å². The summed E-state index contributed by atoms with van der Waals surface area (Å²) in [6.45, 7) is 0.262. The first-order valence-corrected chi connectivity index (χ1v) is 15.2. The number of aliphatic hydroxyl groups excluding tert-OH is 1. The summed E-state index contributed by atoms with van der Waals surface area (Å²) in [5, 5.41) is 13.6. The number of hydrogen-bond acceptors (Lipinski definition) is 13. The zero-order chi connectivity index (χ0) is 30.4. The number of ether oxygens (including phenoxy) is 3. The van der Waals surface area contributed by atoms with Crippen molar-refractivity contribution in [1.29, 1.82) is 0 Å². The zero-order valence-corrected chi connectivity index (χ0v) is 24.5. The third kappa shape index (κ3) is 10.8. The maximum Gasteiger partial charge on any atom is 0.472 e. The predicted octanol–water partition coefficient (Wildman–Crippen LogP) is 2.83. The molecule has 3 unspecified atom stereocenters. The number of anilines is 1. The van der Waals surface area contributed by atoms with Gasteiger partial charge in [-0.1, -0.05) is 11.5 Å². The summed E-state index contributed by atoms with van der Waals surface area (Å²) in [7, 11) is -3.11. The van der Waals surface area contributed by atoms with Gasteiger partial charge in [0.25, 0.3) is 0 Å². The normalized spacial score (nSPS) is 20.8. The number of imidazole rings is 1. The maximum atomic E-state index is 12.6. The molecule has 1 fully saturated rings. The van der Waals surface area contributed by atoms with Crippen molar-refractivity contribution in [1.82, 2.24) is 19.5 Å². The van der Waals surface area contributed by atoms with Crippen LogP contribution in [0.2, 0.25) is 0 Å². The minimum absolute atomic E-state index is 0.0891. The number of unbranched alkanes of at least 4 members (excludes halogenated alkanes) is 3. The van der Waals surface area contributed by atoms with Crippen molar-refractivity contribution >= 4 is 30.6 Å². The molecule has 3 rings (SSSR count). The molecule has 3 heterocycles. The second kappa shape index (κ2) is 17.4. The SMILES string of the molecule is COC[C@H]1O[C@@H](n2cnc3c(N)ncnc32)CC1OP(=O)(O)OCC(O)COCCCCC(=O)CCCCCN=[N+]=[N-]. The molecule has 2 aromatic heterocycles. The molecule has 17 nitrogen and oxygen atoms in total. The summed E-state index contributed by atoms with van der Waals surface area (Å²) >= 11 is 0. The van der Waals surface area contributed by atoms with Gasteiger partial charge in [0.2, 0.25) is 0 Å². The number of phosphoric acid groups is 1. The van der Waals surface area contributed by atoms with Gasteiger partial charge in [-0.15, -0.1) is 0 Å². The highest BCUT2D eigenvalue weighted by atomic mass is 31.2. The molecule has 1 saturated heterocycles. The van der Waals surface area contributed by atoms with Crippen molar-refractivity contribution in [2.45, 2.75) is 75.9 Å². The maximum absolute atomic E-state index is 12.6. The summed E-state index contributed by atoms with van der Waals surface area (Å²) in [4.78, 5) is 37.2. The van der Waals surface area contributed by atoms with Crippen LogP contribution in [0.15, 0.2) is 17.8 Å². The van der Waals surface area contributed by atoms with Crippen LogP contribution >= 0.6 is 7.82 Å². The predicted molar refractivity (Wildman–Crippen MR) is 149 cm³/mol. The van der Waals surface area contributed by atoms with Gasteiger partial charge >= 0.3 is 7.82 Å². The lowest BCUT2D eigenvalue weighted by atomic mass is 10.1. The van der Waals surface area contributed by atoms with Crippen molar-refractivity contribution in [2.75, 3.05) is 45.8 Å². The van der Waals surface area contributed by atoms with Crippen LogP contribution in [-0.2, 0) is 32.6 Å². The molecule has 0 radical (unpaired) electrons. The van der Waals surface area contributed by atoms with Crippen LogP contribution in [0.3, 0.4) is 0 Å². The first-order valence-electron chi connectivity index (χ1n) is 13.8. The number of carbonyl (C=O) groups is 1. The fraction of sp³-hybridized carbons (Fsp3) is 0.750. The lowest BCUT2D eigenvalue weighted by Gasteiger charge is -2.21. The molecule has 4 N–H and O–H groups in total. The van der Waals surface area contributed by atoms with E-state index in [9.17, 15) is 19.4 Å². The van der Waals surface area contributed by atoms with E-state index in [0.29, 0.717) is 50.0 Å². The van der Waals surface area contributed by atoms with Gasteiger partial charge in [-0.25, -0.2) is 19.5 Å². The number of ketones is 1. The van der Waals surface area contributed by atoms with E-state index in [1.807, 2.05) is 0 Å². The van der Waals surface area contributed by atoms with E-state index in [1.54, 1.807) is 4.57 Å². The second-order valence-electron chi connectivity index (χ2n) is 9.80. The molecular formula is C24H39N8O9P. The Morgan fingerprint density at radius 2 is 2.05 bits per heavy atom. The highest BCUT2D eigenvalue weighted by Crippen LogP contribution is 2.48. The van der Waals surface area contributed by atoms with Crippen LogP contribution in [0.5, 0.6) is 0 Å². The number of nitrogens with two attached hydrogens (primary N) is 1. The first kappa shape index (κ1) is 33.8. The molecule has 42 heavy (non-hydrogen) atoms. The molecule has 0 saturated carbocycles. The quantitative estimate of drug-likeness (QED) is 0.0603. The number of phosphoric ester groups is 1. The molecule has 1 aliphatic heterocycles. The Bertz CT molecular complexity index is 1230. The van der Waals surface area contributed by atoms with Gasteiger partial charge in [0, 0.05) is 44.4 Å². The average Bonchev–Trinajstić information content (AvgIpc) is 3.56. The van der Waals surface area contributed by atoms with Crippen LogP contribution in [0, 0.1) is 0 Å². The van der Waals surface area contributed by atoms with Gasteiger partial charge in [0.05, 0.1) is 26.1 Å². The Hall–Kier alpha value is -2.72. The molecule has 0 aromatic carbocycles. The smallest absolute Gasteiger partial charge is 0.388 e. The third-order valence-corrected chi connectivity index (χ3v) is 7.50. The number of nitrogen functional groups attached to an aromatic ring is 1. The van der Waals surface area contributed by atoms with Gasteiger partial charge < -0.3 is 29.9 Å². The van der Waals surface area contributed by atoms with Crippen molar-refractivity contribution in [2.24, 2.45) is 5.11 Å². The molecular weight excluding hydrogens is 575 g/mol. The van der Waals surface area contributed by atoms with Crippen LogP contribution < -0.4 is 5.73 Å².